The molecule has 2 N–H and O–H groups in total. The van der Waals surface area contributed by atoms with Crippen LogP contribution in [0.5, 0.6) is 0 Å². The zero-order valence-corrected chi connectivity index (χ0v) is 9.71. The maximum atomic E-state index is 11.8. The van der Waals surface area contributed by atoms with Crippen molar-refractivity contribution in [3.8, 4) is 0 Å². The molecule has 1 aliphatic heterocycles. The number of amides is 1. The number of hydrogen-bond donors (Lipinski definition) is 2. The van der Waals surface area contributed by atoms with Crippen LogP contribution in [-0.4, -0.2) is 38.3 Å². The molecule has 1 fully saturated rings. The van der Waals surface area contributed by atoms with Gasteiger partial charge in [-0.2, -0.15) is 0 Å². The number of carbonyl (C=O) groups is 1. The van der Waals surface area contributed by atoms with E-state index in [4.69, 9.17) is 4.74 Å². The molecule has 0 aliphatic carbocycles. The summed E-state index contributed by atoms with van der Waals surface area (Å²) >= 11 is 0. The number of ether oxygens (including phenoxy) is 1. The number of carbonyl (C=O) groups excluding carboxylic acids is 1. The van der Waals surface area contributed by atoms with Crippen LogP contribution in [0.4, 0.5) is 0 Å². The topological polar surface area (TPSA) is 50.4 Å². The highest BCUT2D eigenvalue weighted by atomic mass is 16.5. The van der Waals surface area contributed by atoms with Gasteiger partial charge in [0.05, 0.1) is 12.5 Å². The van der Waals surface area contributed by atoms with Gasteiger partial charge >= 0.3 is 0 Å². The van der Waals surface area contributed by atoms with Gasteiger partial charge in [0.15, 0.2) is 0 Å². The minimum absolute atomic E-state index is 0.111. The molecule has 1 amide bonds. The lowest BCUT2D eigenvalue weighted by Crippen LogP contribution is -2.44. The van der Waals surface area contributed by atoms with Crippen LogP contribution in [0.25, 0.3) is 0 Å². The highest BCUT2D eigenvalue weighted by molar-refractivity contribution is 5.79. The third-order valence-electron chi connectivity index (χ3n) is 2.63. The number of rotatable bonds is 5. The summed E-state index contributed by atoms with van der Waals surface area (Å²) in [6, 6.07) is 0.111. The van der Waals surface area contributed by atoms with Crippen LogP contribution in [0, 0.1) is 5.92 Å². The van der Waals surface area contributed by atoms with Crippen LogP contribution in [0.2, 0.25) is 0 Å². The number of nitrogens with one attached hydrogen (secondary N) is 2. The van der Waals surface area contributed by atoms with Crippen LogP contribution in [0.1, 0.15) is 26.7 Å². The Balaban J connectivity index is 2.21. The van der Waals surface area contributed by atoms with Crippen molar-refractivity contribution in [2.24, 2.45) is 5.92 Å². The summed E-state index contributed by atoms with van der Waals surface area (Å²) < 4.78 is 5.25. The second kappa shape index (κ2) is 6.80. The van der Waals surface area contributed by atoms with Crippen LogP contribution < -0.4 is 10.6 Å². The molecule has 1 rings (SSSR count). The van der Waals surface area contributed by atoms with E-state index in [0.717, 1.165) is 25.9 Å². The van der Waals surface area contributed by atoms with E-state index in [0.29, 0.717) is 13.2 Å². The summed E-state index contributed by atoms with van der Waals surface area (Å²) in [6.45, 7) is 7.09. The fraction of sp³-hybridized carbons (Fsp3) is 0.909. The molecule has 0 bridgehead atoms. The van der Waals surface area contributed by atoms with E-state index in [1.165, 1.54) is 0 Å². The molecular weight excluding hydrogens is 192 g/mol. The molecule has 88 valence electrons. The van der Waals surface area contributed by atoms with Crippen molar-refractivity contribution in [2.75, 3.05) is 26.3 Å². The molecule has 0 radical (unpaired) electrons. The lowest BCUT2D eigenvalue weighted by molar-refractivity contribution is -0.126. The van der Waals surface area contributed by atoms with E-state index in [2.05, 4.69) is 10.6 Å². The molecule has 0 spiro atoms. The summed E-state index contributed by atoms with van der Waals surface area (Å²) in [4.78, 5) is 11.8. The molecule has 4 heteroatoms. The fourth-order valence-corrected chi connectivity index (χ4v) is 1.77. The molecular formula is C11H22N2O2. The fourth-order valence-electron chi connectivity index (χ4n) is 1.77. The van der Waals surface area contributed by atoms with E-state index in [9.17, 15) is 4.79 Å². The molecule has 15 heavy (non-hydrogen) atoms. The first-order chi connectivity index (χ1) is 7.24. The van der Waals surface area contributed by atoms with Gasteiger partial charge in [-0.15, -0.1) is 0 Å². The standard InChI is InChI=1S/C11H22N2O2/c1-3-15-8-9(2)13-11(14)10-5-4-6-12-7-10/h9-10,12H,3-8H2,1-2H3,(H,13,14)/t9?,10-/m0/s1. The molecule has 1 saturated heterocycles. The normalized spacial score (nSPS) is 23.5. The Morgan fingerprint density at radius 1 is 1.67 bits per heavy atom. The SMILES string of the molecule is CCOCC(C)NC(=O)[C@H]1CCCNC1. The van der Waals surface area contributed by atoms with Gasteiger partial charge in [-0.3, -0.25) is 4.79 Å². The Labute approximate surface area is 91.8 Å². The van der Waals surface area contributed by atoms with Gasteiger partial charge in [0, 0.05) is 19.2 Å². The monoisotopic (exact) mass is 214 g/mol. The largest absolute Gasteiger partial charge is 0.380 e. The van der Waals surface area contributed by atoms with E-state index < -0.39 is 0 Å². The Bertz CT molecular complexity index is 191. The average molecular weight is 214 g/mol. The summed E-state index contributed by atoms with van der Waals surface area (Å²) in [6.07, 6.45) is 2.10. The smallest absolute Gasteiger partial charge is 0.224 e. The molecule has 1 aliphatic rings. The van der Waals surface area contributed by atoms with Crippen LogP contribution in [0.3, 0.4) is 0 Å². The van der Waals surface area contributed by atoms with Crippen molar-refractivity contribution in [3.05, 3.63) is 0 Å². The van der Waals surface area contributed by atoms with E-state index >= 15 is 0 Å². The zero-order valence-electron chi connectivity index (χ0n) is 9.71. The Kier molecular flexibility index (Phi) is 5.65. The van der Waals surface area contributed by atoms with Crippen molar-refractivity contribution >= 4 is 5.91 Å². The molecule has 0 aromatic carbocycles. The van der Waals surface area contributed by atoms with Crippen LogP contribution >= 0.6 is 0 Å². The summed E-state index contributed by atoms with van der Waals surface area (Å²) in [5, 5.41) is 6.22. The van der Waals surface area contributed by atoms with Crippen molar-refractivity contribution < 1.29 is 9.53 Å². The molecule has 0 aromatic rings. The Morgan fingerprint density at radius 2 is 2.47 bits per heavy atom. The Hall–Kier alpha value is -0.610. The summed E-state index contributed by atoms with van der Waals surface area (Å²) in [7, 11) is 0. The first-order valence-corrected chi connectivity index (χ1v) is 5.83. The third-order valence-corrected chi connectivity index (χ3v) is 2.63. The van der Waals surface area contributed by atoms with Gasteiger partial charge in [-0.25, -0.2) is 0 Å². The Morgan fingerprint density at radius 3 is 3.07 bits per heavy atom. The molecule has 1 unspecified atom stereocenters. The minimum atomic E-state index is 0.111. The van der Waals surface area contributed by atoms with Gasteiger partial charge in [0.25, 0.3) is 0 Å². The van der Waals surface area contributed by atoms with Gasteiger partial charge < -0.3 is 15.4 Å². The van der Waals surface area contributed by atoms with Crippen molar-refractivity contribution in [3.63, 3.8) is 0 Å². The van der Waals surface area contributed by atoms with Crippen molar-refractivity contribution in [2.45, 2.75) is 32.7 Å². The number of piperidine rings is 1. The van der Waals surface area contributed by atoms with Gasteiger partial charge in [0.1, 0.15) is 0 Å². The predicted molar refractivity (Wildman–Crippen MR) is 59.7 cm³/mol. The lowest BCUT2D eigenvalue weighted by atomic mass is 9.98. The number of hydrogen-bond acceptors (Lipinski definition) is 3. The summed E-state index contributed by atoms with van der Waals surface area (Å²) in [5.74, 6) is 0.303. The third kappa shape index (κ3) is 4.62. The van der Waals surface area contributed by atoms with Crippen LogP contribution in [-0.2, 0) is 9.53 Å². The highest BCUT2D eigenvalue weighted by Gasteiger charge is 2.21. The van der Waals surface area contributed by atoms with Gasteiger partial charge in [-0.05, 0) is 33.2 Å². The van der Waals surface area contributed by atoms with Crippen molar-refractivity contribution in [1.82, 2.24) is 10.6 Å². The second-order valence-corrected chi connectivity index (χ2v) is 4.11. The van der Waals surface area contributed by atoms with Gasteiger partial charge in [0.2, 0.25) is 5.91 Å². The second-order valence-electron chi connectivity index (χ2n) is 4.11. The first kappa shape index (κ1) is 12.5. The zero-order chi connectivity index (χ0) is 11.1. The highest BCUT2D eigenvalue weighted by Crippen LogP contribution is 2.09. The molecule has 0 saturated carbocycles. The molecule has 4 nitrogen and oxygen atoms in total. The predicted octanol–water partition coefficient (Wildman–Crippen LogP) is 0.527. The average Bonchev–Trinajstić information content (AvgIpc) is 2.27. The maximum Gasteiger partial charge on any atom is 0.224 e. The molecule has 0 aromatic heterocycles. The lowest BCUT2D eigenvalue weighted by Gasteiger charge is -2.23. The van der Waals surface area contributed by atoms with Crippen LogP contribution in [0.15, 0.2) is 0 Å². The molecule has 1 heterocycles. The minimum Gasteiger partial charge on any atom is -0.380 e. The van der Waals surface area contributed by atoms with E-state index in [1.54, 1.807) is 0 Å². The van der Waals surface area contributed by atoms with E-state index in [1.807, 2.05) is 13.8 Å². The van der Waals surface area contributed by atoms with Gasteiger partial charge in [-0.1, -0.05) is 0 Å². The van der Waals surface area contributed by atoms with E-state index in [-0.39, 0.29) is 17.9 Å². The van der Waals surface area contributed by atoms with Crippen molar-refractivity contribution in [1.29, 1.82) is 0 Å². The molecule has 2 atom stereocenters. The first-order valence-electron chi connectivity index (χ1n) is 5.83. The summed E-state index contributed by atoms with van der Waals surface area (Å²) in [5.41, 5.74) is 0. The quantitative estimate of drug-likeness (QED) is 0.702. The maximum absolute atomic E-state index is 11.8.